The van der Waals surface area contributed by atoms with Crippen LogP contribution in [0, 0.1) is 0 Å². The molecule has 1 aliphatic rings. The summed E-state index contributed by atoms with van der Waals surface area (Å²) in [6.45, 7) is 6.74. The Bertz CT molecular complexity index is 388. The van der Waals surface area contributed by atoms with Crippen LogP contribution in [-0.2, 0) is 14.6 Å². The molecule has 1 saturated heterocycles. The summed E-state index contributed by atoms with van der Waals surface area (Å²) in [5.41, 5.74) is 5.60. The van der Waals surface area contributed by atoms with Gasteiger partial charge in [-0.15, -0.1) is 0 Å². The Morgan fingerprint density at radius 2 is 1.72 bits per heavy atom. The van der Waals surface area contributed by atoms with E-state index in [1.54, 1.807) is 4.90 Å². The van der Waals surface area contributed by atoms with Gasteiger partial charge in [0, 0.05) is 45.0 Å². The third kappa shape index (κ3) is 3.66. The van der Waals surface area contributed by atoms with Crippen molar-refractivity contribution in [1.82, 2.24) is 9.80 Å². The van der Waals surface area contributed by atoms with E-state index in [1.165, 1.54) is 6.92 Å². The van der Waals surface area contributed by atoms with Crippen LogP contribution in [0.1, 0.15) is 13.8 Å². The molecule has 1 amide bonds. The molecule has 6 nitrogen and oxygen atoms in total. The fraction of sp³-hybridized carbons (Fsp3) is 0.909. The first kappa shape index (κ1) is 15.4. The highest BCUT2D eigenvalue weighted by atomic mass is 32.2. The van der Waals surface area contributed by atoms with Crippen LogP contribution >= 0.6 is 0 Å². The zero-order valence-corrected chi connectivity index (χ0v) is 12.1. The van der Waals surface area contributed by atoms with Crippen LogP contribution in [0.4, 0.5) is 0 Å². The molecule has 0 aliphatic carbocycles. The number of rotatable bonds is 4. The van der Waals surface area contributed by atoms with Gasteiger partial charge in [0.25, 0.3) is 0 Å². The Morgan fingerprint density at radius 1 is 1.22 bits per heavy atom. The second-order valence-electron chi connectivity index (χ2n) is 4.92. The van der Waals surface area contributed by atoms with Gasteiger partial charge in [-0.25, -0.2) is 8.42 Å². The minimum absolute atomic E-state index is 0.294. The summed E-state index contributed by atoms with van der Waals surface area (Å²) in [4.78, 5) is 15.8. The van der Waals surface area contributed by atoms with E-state index in [0.717, 1.165) is 19.3 Å². The predicted octanol–water partition coefficient (Wildman–Crippen LogP) is -1.09. The molecule has 1 fully saturated rings. The SMILES string of the molecule is CC(CN)N1CCN(C(=O)C(C)S(C)(=O)=O)CC1. The van der Waals surface area contributed by atoms with Crippen molar-refractivity contribution in [3.63, 3.8) is 0 Å². The topological polar surface area (TPSA) is 83.7 Å². The molecule has 106 valence electrons. The maximum absolute atomic E-state index is 12.0. The van der Waals surface area contributed by atoms with Gasteiger partial charge in [0.2, 0.25) is 5.91 Å². The van der Waals surface area contributed by atoms with Crippen molar-refractivity contribution < 1.29 is 13.2 Å². The van der Waals surface area contributed by atoms with Crippen LogP contribution in [0.15, 0.2) is 0 Å². The van der Waals surface area contributed by atoms with Gasteiger partial charge in [-0.05, 0) is 13.8 Å². The first-order valence-corrected chi connectivity index (χ1v) is 8.14. The molecule has 0 spiro atoms. The summed E-state index contributed by atoms with van der Waals surface area (Å²) in [6.07, 6.45) is 1.10. The third-order valence-electron chi connectivity index (χ3n) is 3.58. The molecule has 2 unspecified atom stereocenters. The molecular weight excluding hydrogens is 254 g/mol. The third-order valence-corrected chi connectivity index (χ3v) is 5.07. The Hall–Kier alpha value is -0.660. The summed E-state index contributed by atoms with van der Waals surface area (Å²) in [5.74, 6) is -0.294. The highest BCUT2D eigenvalue weighted by Gasteiger charge is 2.31. The van der Waals surface area contributed by atoms with Crippen molar-refractivity contribution >= 4 is 15.7 Å². The van der Waals surface area contributed by atoms with Crippen molar-refractivity contribution in [2.24, 2.45) is 5.73 Å². The van der Waals surface area contributed by atoms with Crippen LogP contribution < -0.4 is 5.73 Å². The number of nitrogens with two attached hydrogens (primary N) is 1. The monoisotopic (exact) mass is 277 g/mol. The second kappa shape index (κ2) is 5.99. The number of sulfone groups is 1. The highest BCUT2D eigenvalue weighted by Crippen LogP contribution is 2.10. The van der Waals surface area contributed by atoms with Gasteiger partial charge in [-0.1, -0.05) is 0 Å². The van der Waals surface area contributed by atoms with Crippen LogP contribution in [0.2, 0.25) is 0 Å². The van der Waals surface area contributed by atoms with Crippen LogP contribution in [-0.4, -0.2) is 74.4 Å². The molecule has 0 radical (unpaired) electrons. The smallest absolute Gasteiger partial charge is 0.240 e. The van der Waals surface area contributed by atoms with E-state index < -0.39 is 15.1 Å². The van der Waals surface area contributed by atoms with Crippen molar-refractivity contribution in [2.45, 2.75) is 25.1 Å². The van der Waals surface area contributed by atoms with Crippen molar-refractivity contribution in [3.05, 3.63) is 0 Å². The van der Waals surface area contributed by atoms with Crippen LogP contribution in [0.3, 0.4) is 0 Å². The van der Waals surface area contributed by atoms with Gasteiger partial charge in [-0.3, -0.25) is 9.69 Å². The van der Waals surface area contributed by atoms with Crippen molar-refractivity contribution in [2.75, 3.05) is 39.0 Å². The summed E-state index contributed by atoms with van der Waals surface area (Å²) < 4.78 is 22.7. The number of amides is 1. The lowest BCUT2D eigenvalue weighted by atomic mass is 10.2. The minimum atomic E-state index is -3.31. The molecule has 0 aromatic rings. The molecule has 1 aliphatic heterocycles. The van der Waals surface area contributed by atoms with Crippen molar-refractivity contribution in [1.29, 1.82) is 0 Å². The molecule has 7 heteroatoms. The predicted molar refractivity (Wildman–Crippen MR) is 71.0 cm³/mol. The Kier molecular flexibility index (Phi) is 5.12. The van der Waals surface area contributed by atoms with Gasteiger partial charge in [0.15, 0.2) is 9.84 Å². The molecule has 2 atom stereocenters. The van der Waals surface area contributed by atoms with E-state index in [4.69, 9.17) is 5.73 Å². The van der Waals surface area contributed by atoms with Gasteiger partial charge in [-0.2, -0.15) is 0 Å². The Morgan fingerprint density at radius 3 is 2.11 bits per heavy atom. The largest absolute Gasteiger partial charge is 0.339 e. The second-order valence-corrected chi connectivity index (χ2v) is 7.28. The molecule has 1 rings (SSSR count). The van der Waals surface area contributed by atoms with E-state index in [1.807, 2.05) is 0 Å². The van der Waals surface area contributed by atoms with Crippen LogP contribution in [0.25, 0.3) is 0 Å². The number of hydrogen-bond acceptors (Lipinski definition) is 5. The molecule has 0 aromatic heterocycles. The zero-order chi connectivity index (χ0) is 13.9. The normalized spacial score (nSPS) is 21.7. The number of carbonyl (C=O) groups is 1. The molecule has 2 N–H and O–H groups in total. The Labute approximate surface area is 109 Å². The summed E-state index contributed by atoms with van der Waals surface area (Å²) in [7, 11) is -3.31. The maximum Gasteiger partial charge on any atom is 0.240 e. The van der Waals surface area contributed by atoms with Gasteiger partial charge >= 0.3 is 0 Å². The fourth-order valence-corrected chi connectivity index (χ4v) is 2.49. The quantitative estimate of drug-likeness (QED) is 0.706. The molecule has 18 heavy (non-hydrogen) atoms. The van der Waals surface area contributed by atoms with E-state index >= 15 is 0 Å². The first-order chi connectivity index (χ1) is 8.27. The molecule has 1 heterocycles. The Balaban J connectivity index is 2.56. The zero-order valence-electron chi connectivity index (χ0n) is 11.3. The van der Waals surface area contributed by atoms with Crippen LogP contribution in [0.5, 0.6) is 0 Å². The van der Waals surface area contributed by atoms with E-state index in [0.29, 0.717) is 25.7 Å². The number of hydrogen-bond donors (Lipinski definition) is 1. The molecule has 0 bridgehead atoms. The molecule has 0 aromatic carbocycles. The summed E-state index contributed by atoms with van der Waals surface area (Å²) in [6, 6.07) is 0.301. The number of nitrogens with zero attached hydrogens (tertiary/aromatic N) is 2. The average Bonchev–Trinajstić information content (AvgIpc) is 2.35. The standard InChI is InChI=1S/C11H23N3O3S/c1-9(8-12)13-4-6-14(7-5-13)11(15)10(2)18(3,16)17/h9-10H,4-8,12H2,1-3H3. The minimum Gasteiger partial charge on any atom is -0.339 e. The lowest BCUT2D eigenvalue weighted by molar-refractivity contribution is -0.132. The molecule has 0 saturated carbocycles. The number of carbonyl (C=O) groups excluding carboxylic acids is 1. The summed E-state index contributed by atoms with van der Waals surface area (Å²) in [5, 5.41) is -0.948. The number of piperazine rings is 1. The average molecular weight is 277 g/mol. The maximum atomic E-state index is 12.0. The lowest BCUT2D eigenvalue weighted by Gasteiger charge is -2.38. The van der Waals surface area contributed by atoms with Gasteiger partial charge in [0.05, 0.1) is 0 Å². The molecular formula is C11H23N3O3S. The van der Waals surface area contributed by atoms with E-state index in [9.17, 15) is 13.2 Å². The van der Waals surface area contributed by atoms with E-state index in [2.05, 4.69) is 11.8 Å². The van der Waals surface area contributed by atoms with Gasteiger partial charge in [0.1, 0.15) is 5.25 Å². The first-order valence-electron chi connectivity index (χ1n) is 6.19. The lowest BCUT2D eigenvalue weighted by Crippen LogP contribution is -2.55. The van der Waals surface area contributed by atoms with Gasteiger partial charge < -0.3 is 10.6 Å². The highest BCUT2D eigenvalue weighted by molar-refractivity contribution is 7.92. The summed E-state index contributed by atoms with van der Waals surface area (Å²) >= 11 is 0. The van der Waals surface area contributed by atoms with E-state index in [-0.39, 0.29) is 5.91 Å². The van der Waals surface area contributed by atoms with Crippen molar-refractivity contribution in [3.8, 4) is 0 Å². The fourth-order valence-electron chi connectivity index (χ4n) is 1.97.